The van der Waals surface area contributed by atoms with Crippen LogP contribution in [0.4, 0.5) is 5.82 Å². The molecule has 1 aliphatic rings. The second-order valence-corrected chi connectivity index (χ2v) is 5.67. The van der Waals surface area contributed by atoms with Gasteiger partial charge in [-0.15, -0.1) is 0 Å². The number of aromatic nitrogens is 2. The molecule has 2 rings (SSSR count). The lowest BCUT2D eigenvalue weighted by Gasteiger charge is -2.13. The quantitative estimate of drug-likeness (QED) is 0.858. The van der Waals surface area contributed by atoms with E-state index >= 15 is 0 Å². The molecule has 0 atom stereocenters. The van der Waals surface area contributed by atoms with Gasteiger partial charge in [0, 0.05) is 18.4 Å². The molecule has 0 unspecified atom stereocenters. The van der Waals surface area contributed by atoms with Crippen LogP contribution in [-0.2, 0) is 0 Å². The van der Waals surface area contributed by atoms with Gasteiger partial charge in [0.15, 0.2) is 0 Å². The molecule has 3 nitrogen and oxygen atoms in total. The number of nitrogens with one attached hydrogen (secondary N) is 1. The van der Waals surface area contributed by atoms with Gasteiger partial charge >= 0.3 is 0 Å². The van der Waals surface area contributed by atoms with E-state index in [4.69, 9.17) is 4.98 Å². The minimum atomic E-state index is 0.395. The summed E-state index contributed by atoms with van der Waals surface area (Å²) in [5.41, 5.74) is 1.26. The highest BCUT2D eigenvalue weighted by atomic mass is 127. The Balaban J connectivity index is 2.42. The SMILES string of the molecule is CCNc1nc(C(C)C)nc(C2CC2)c1I. The van der Waals surface area contributed by atoms with Crippen molar-refractivity contribution in [2.75, 3.05) is 11.9 Å². The molecule has 1 N–H and O–H groups in total. The Morgan fingerprint density at radius 3 is 2.56 bits per heavy atom. The molecule has 88 valence electrons. The largest absolute Gasteiger partial charge is 0.369 e. The van der Waals surface area contributed by atoms with Crippen molar-refractivity contribution in [1.82, 2.24) is 9.97 Å². The summed E-state index contributed by atoms with van der Waals surface area (Å²) >= 11 is 2.37. The predicted octanol–water partition coefficient (Wildman–Crippen LogP) is 3.51. The average Bonchev–Trinajstić information content (AvgIpc) is 3.04. The summed E-state index contributed by atoms with van der Waals surface area (Å²) in [7, 11) is 0. The van der Waals surface area contributed by atoms with Gasteiger partial charge in [-0.05, 0) is 42.4 Å². The molecule has 1 aromatic rings. The zero-order valence-corrected chi connectivity index (χ0v) is 12.2. The Hall–Kier alpha value is -0.390. The molecule has 1 aromatic heterocycles. The van der Waals surface area contributed by atoms with Gasteiger partial charge in [0.1, 0.15) is 11.6 Å². The molecule has 0 amide bonds. The van der Waals surface area contributed by atoms with Gasteiger partial charge < -0.3 is 5.32 Å². The Labute approximate surface area is 111 Å². The zero-order chi connectivity index (χ0) is 11.7. The van der Waals surface area contributed by atoms with Crippen molar-refractivity contribution in [3.63, 3.8) is 0 Å². The summed E-state index contributed by atoms with van der Waals surface area (Å²) in [4.78, 5) is 9.32. The van der Waals surface area contributed by atoms with Gasteiger partial charge in [-0.3, -0.25) is 0 Å². The predicted molar refractivity (Wildman–Crippen MR) is 75.0 cm³/mol. The number of halogens is 1. The molecule has 0 spiro atoms. The molecule has 1 fully saturated rings. The van der Waals surface area contributed by atoms with Gasteiger partial charge in [0.05, 0.1) is 9.26 Å². The first kappa shape index (κ1) is 12.1. The summed E-state index contributed by atoms with van der Waals surface area (Å²) < 4.78 is 1.21. The van der Waals surface area contributed by atoms with Crippen molar-refractivity contribution in [2.45, 2.75) is 45.4 Å². The molecular formula is C12H18IN3. The third kappa shape index (κ3) is 2.47. The van der Waals surface area contributed by atoms with E-state index in [0.717, 1.165) is 18.2 Å². The van der Waals surface area contributed by atoms with Crippen LogP contribution in [0.5, 0.6) is 0 Å². The van der Waals surface area contributed by atoms with Crippen LogP contribution in [0.1, 0.15) is 57.0 Å². The molecule has 0 radical (unpaired) electrons. The second-order valence-electron chi connectivity index (χ2n) is 4.59. The van der Waals surface area contributed by atoms with Gasteiger partial charge in [-0.25, -0.2) is 9.97 Å². The van der Waals surface area contributed by atoms with Crippen LogP contribution in [0.15, 0.2) is 0 Å². The topological polar surface area (TPSA) is 37.8 Å². The van der Waals surface area contributed by atoms with Crippen molar-refractivity contribution in [1.29, 1.82) is 0 Å². The average molecular weight is 331 g/mol. The lowest BCUT2D eigenvalue weighted by atomic mass is 10.2. The normalized spacial score (nSPS) is 15.6. The maximum absolute atomic E-state index is 4.72. The van der Waals surface area contributed by atoms with Crippen LogP contribution in [0, 0.1) is 3.57 Å². The van der Waals surface area contributed by atoms with E-state index < -0.39 is 0 Å². The first-order valence-corrected chi connectivity index (χ1v) is 7.02. The first-order valence-electron chi connectivity index (χ1n) is 5.94. The van der Waals surface area contributed by atoms with Crippen molar-refractivity contribution in [2.24, 2.45) is 0 Å². The van der Waals surface area contributed by atoms with Crippen LogP contribution >= 0.6 is 22.6 Å². The molecular weight excluding hydrogens is 313 g/mol. The van der Waals surface area contributed by atoms with E-state index in [1.54, 1.807) is 0 Å². The third-order valence-electron chi connectivity index (χ3n) is 2.72. The number of nitrogens with zero attached hydrogens (tertiary/aromatic N) is 2. The highest BCUT2D eigenvalue weighted by Crippen LogP contribution is 2.42. The number of anilines is 1. The Kier molecular flexibility index (Phi) is 3.66. The number of rotatable bonds is 4. The summed E-state index contributed by atoms with van der Waals surface area (Å²) in [6.07, 6.45) is 2.58. The lowest BCUT2D eigenvalue weighted by molar-refractivity contribution is 0.754. The lowest BCUT2D eigenvalue weighted by Crippen LogP contribution is -2.10. The van der Waals surface area contributed by atoms with Crippen LogP contribution in [0.2, 0.25) is 0 Å². The van der Waals surface area contributed by atoms with E-state index in [1.165, 1.54) is 22.1 Å². The molecule has 1 aliphatic carbocycles. The van der Waals surface area contributed by atoms with E-state index in [9.17, 15) is 0 Å². The van der Waals surface area contributed by atoms with Crippen LogP contribution in [-0.4, -0.2) is 16.5 Å². The number of hydrogen-bond donors (Lipinski definition) is 1. The fraction of sp³-hybridized carbons (Fsp3) is 0.667. The summed E-state index contributed by atoms with van der Waals surface area (Å²) in [6, 6.07) is 0. The molecule has 0 aromatic carbocycles. The Bertz CT molecular complexity index is 386. The second kappa shape index (κ2) is 4.85. The summed E-state index contributed by atoms with van der Waals surface area (Å²) in [5.74, 6) is 3.07. The standard InChI is InChI=1S/C12H18IN3/c1-4-14-12-9(13)10(8-5-6-8)15-11(16-12)7(2)3/h7-8H,4-6H2,1-3H3,(H,14,15,16). The van der Waals surface area contributed by atoms with Crippen molar-refractivity contribution in [3.05, 3.63) is 15.1 Å². The molecule has 1 saturated carbocycles. The monoisotopic (exact) mass is 331 g/mol. The highest BCUT2D eigenvalue weighted by molar-refractivity contribution is 14.1. The van der Waals surface area contributed by atoms with Crippen LogP contribution in [0.25, 0.3) is 0 Å². The fourth-order valence-electron chi connectivity index (χ4n) is 1.65. The van der Waals surface area contributed by atoms with Crippen molar-refractivity contribution in [3.8, 4) is 0 Å². The first-order chi connectivity index (χ1) is 7.63. The Morgan fingerprint density at radius 2 is 2.06 bits per heavy atom. The van der Waals surface area contributed by atoms with Gasteiger partial charge in [-0.1, -0.05) is 13.8 Å². The van der Waals surface area contributed by atoms with Gasteiger partial charge in [0.2, 0.25) is 0 Å². The Morgan fingerprint density at radius 1 is 1.38 bits per heavy atom. The van der Waals surface area contributed by atoms with Crippen LogP contribution in [0.3, 0.4) is 0 Å². The van der Waals surface area contributed by atoms with Crippen molar-refractivity contribution < 1.29 is 0 Å². The third-order valence-corrected chi connectivity index (χ3v) is 3.78. The molecule has 1 heterocycles. The highest BCUT2D eigenvalue weighted by Gasteiger charge is 2.29. The molecule has 0 saturated heterocycles. The minimum absolute atomic E-state index is 0.395. The van der Waals surface area contributed by atoms with Crippen LogP contribution < -0.4 is 5.32 Å². The molecule has 16 heavy (non-hydrogen) atoms. The van der Waals surface area contributed by atoms with E-state index in [2.05, 4.69) is 53.7 Å². The molecule has 0 aliphatic heterocycles. The maximum atomic E-state index is 4.72. The molecule has 4 heteroatoms. The van der Waals surface area contributed by atoms with Gasteiger partial charge in [0.25, 0.3) is 0 Å². The smallest absolute Gasteiger partial charge is 0.143 e. The summed E-state index contributed by atoms with van der Waals surface area (Å²) in [5, 5.41) is 3.34. The van der Waals surface area contributed by atoms with E-state index in [-0.39, 0.29) is 0 Å². The maximum Gasteiger partial charge on any atom is 0.143 e. The van der Waals surface area contributed by atoms with Crippen molar-refractivity contribution >= 4 is 28.4 Å². The fourth-order valence-corrected chi connectivity index (χ4v) is 2.52. The zero-order valence-electron chi connectivity index (χ0n) is 10.0. The molecule has 0 bridgehead atoms. The summed E-state index contributed by atoms with van der Waals surface area (Å²) in [6.45, 7) is 7.31. The van der Waals surface area contributed by atoms with Gasteiger partial charge in [-0.2, -0.15) is 0 Å². The van der Waals surface area contributed by atoms with E-state index in [1.807, 2.05) is 0 Å². The van der Waals surface area contributed by atoms with E-state index in [0.29, 0.717) is 11.8 Å². The number of hydrogen-bond acceptors (Lipinski definition) is 3. The minimum Gasteiger partial charge on any atom is -0.369 e.